The molecular formula is C19H26N6O. The number of carbonyl (C=O) groups is 1. The minimum atomic E-state index is -0.270. The third kappa shape index (κ3) is 4.62. The van der Waals surface area contributed by atoms with E-state index in [1.807, 2.05) is 19.9 Å². The number of anilines is 3. The maximum atomic E-state index is 11.7. The average molecular weight is 354 g/mol. The third-order valence-corrected chi connectivity index (χ3v) is 4.28. The van der Waals surface area contributed by atoms with Crippen molar-refractivity contribution in [2.75, 3.05) is 41.3 Å². The van der Waals surface area contributed by atoms with Crippen molar-refractivity contribution in [2.24, 2.45) is 0 Å². The van der Waals surface area contributed by atoms with Crippen LogP contribution in [0.1, 0.15) is 19.4 Å². The number of carbonyl (C=O) groups excluding carboxylic acids is 1. The molecule has 0 atom stereocenters. The average Bonchev–Trinajstić information content (AvgIpc) is 2.62. The molecule has 0 radical (unpaired) electrons. The van der Waals surface area contributed by atoms with Crippen LogP contribution in [0.15, 0.2) is 36.4 Å². The fourth-order valence-corrected chi connectivity index (χ4v) is 2.99. The highest BCUT2D eigenvalue weighted by Gasteiger charge is 2.19. The molecule has 2 amide bonds. The van der Waals surface area contributed by atoms with Crippen LogP contribution < -0.4 is 20.4 Å². The van der Waals surface area contributed by atoms with Crippen molar-refractivity contribution in [2.45, 2.75) is 26.8 Å². The fourth-order valence-electron chi connectivity index (χ4n) is 2.99. The van der Waals surface area contributed by atoms with Gasteiger partial charge in [-0.05, 0) is 50.6 Å². The molecule has 7 nitrogen and oxygen atoms in total. The lowest BCUT2D eigenvalue weighted by Gasteiger charge is -2.36. The Bertz CT molecular complexity index is 738. The number of nitrogens with one attached hydrogen (secondary N) is 2. The molecular weight excluding hydrogens is 328 g/mol. The summed E-state index contributed by atoms with van der Waals surface area (Å²) >= 11 is 0. The van der Waals surface area contributed by atoms with Gasteiger partial charge < -0.3 is 15.1 Å². The number of hydrogen-bond donors (Lipinski definition) is 2. The van der Waals surface area contributed by atoms with Gasteiger partial charge in [-0.25, -0.2) is 4.79 Å². The Hall–Kier alpha value is -2.83. The number of amides is 2. The van der Waals surface area contributed by atoms with E-state index in [-0.39, 0.29) is 12.1 Å². The van der Waals surface area contributed by atoms with E-state index in [9.17, 15) is 4.79 Å². The lowest BCUT2D eigenvalue weighted by atomic mass is 10.2. The molecule has 1 aromatic carbocycles. The van der Waals surface area contributed by atoms with Crippen LogP contribution in [0.5, 0.6) is 0 Å². The predicted molar refractivity (Wildman–Crippen MR) is 105 cm³/mol. The zero-order valence-electron chi connectivity index (χ0n) is 15.6. The van der Waals surface area contributed by atoms with E-state index in [4.69, 9.17) is 0 Å². The quantitative estimate of drug-likeness (QED) is 0.883. The van der Waals surface area contributed by atoms with Gasteiger partial charge in [0.1, 0.15) is 0 Å². The lowest BCUT2D eigenvalue weighted by molar-refractivity contribution is 0.250. The van der Waals surface area contributed by atoms with Crippen LogP contribution in [0.25, 0.3) is 0 Å². The van der Waals surface area contributed by atoms with E-state index >= 15 is 0 Å². The number of nitrogens with zero attached hydrogens (tertiary/aromatic N) is 4. The lowest BCUT2D eigenvalue weighted by Crippen LogP contribution is -2.46. The molecule has 0 aliphatic carbocycles. The SMILES string of the molecule is Cc1cccc(N2CCN(c3ccc(NC(=O)NC(C)C)nn3)CC2)c1. The van der Waals surface area contributed by atoms with Crippen molar-refractivity contribution >= 4 is 23.4 Å². The second-order valence-electron chi connectivity index (χ2n) is 6.84. The molecule has 3 rings (SSSR count). The minimum Gasteiger partial charge on any atom is -0.368 e. The monoisotopic (exact) mass is 354 g/mol. The summed E-state index contributed by atoms with van der Waals surface area (Å²) in [4.78, 5) is 16.3. The molecule has 1 saturated heterocycles. The van der Waals surface area contributed by atoms with E-state index in [0.717, 1.165) is 32.0 Å². The summed E-state index contributed by atoms with van der Waals surface area (Å²) in [5.74, 6) is 1.29. The number of urea groups is 1. The fraction of sp³-hybridized carbons (Fsp3) is 0.421. The van der Waals surface area contributed by atoms with Gasteiger partial charge in [-0.3, -0.25) is 5.32 Å². The van der Waals surface area contributed by atoms with Crippen molar-refractivity contribution in [3.05, 3.63) is 42.0 Å². The van der Waals surface area contributed by atoms with Crippen LogP contribution in [0, 0.1) is 6.92 Å². The van der Waals surface area contributed by atoms with E-state index in [0.29, 0.717) is 5.82 Å². The highest BCUT2D eigenvalue weighted by molar-refractivity contribution is 5.88. The number of aromatic nitrogens is 2. The van der Waals surface area contributed by atoms with Crippen molar-refractivity contribution in [1.29, 1.82) is 0 Å². The van der Waals surface area contributed by atoms with Crippen molar-refractivity contribution in [3.63, 3.8) is 0 Å². The summed E-state index contributed by atoms with van der Waals surface area (Å²) in [7, 11) is 0. The molecule has 7 heteroatoms. The Labute approximate surface area is 154 Å². The third-order valence-electron chi connectivity index (χ3n) is 4.28. The topological polar surface area (TPSA) is 73.4 Å². The molecule has 1 aliphatic heterocycles. The molecule has 2 N–H and O–H groups in total. The molecule has 1 aliphatic rings. The number of benzene rings is 1. The second kappa shape index (κ2) is 8.03. The van der Waals surface area contributed by atoms with E-state index in [1.54, 1.807) is 6.07 Å². The van der Waals surface area contributed by atoms with Crippen molar-refractivity contribution in [3.8, 4) is 0 Å². The first kappa shape index (κ1) is 18.0. The first-order valence-corrected chi connectivity index (χ1v) is 8.99. The standard InChI is InChI=1S/C19H26N6O/c1-14(2)20-19(26)21-17-7-8-18(23-22-17)25-11-9-24(10-12-25)16-6-4-5-15(3)13-16/h4-8,13-14H,9-12H2,1-3H3,(H2,20,21,22,26). The molecule has 0 spiro atoms. The number of hydrogen-bond acceptors (Lipinski definition) is 5. The van der Waals surface area contributed by atoms with Gasteiger partial charge >= 0.3 is 6.03 Å². The van der Waals surface area contributed by atoms with Gasteiger partial charge in [-0.1, -0.05) is 12.1 Å². The minimum absolute atomic E-state index is 0.0759. The maximum absolute atomic E-state index is 11.7. The summed E-state index contributed by atoms with van der Waals surface area (Å²) in [6, 6.07) is 12.1. The van der Waals surface area contributed by atoms with Crippen LogP contribution in [-0.2, 0) is 0 Å². The van der Waals surface area contributed by atoms with E-state index < -0.39 is 0 Å². The summed E-state index contributed by atoms with van der Waals surface area (Å²) in [6.45, 7) is 9.61. The van der Waals surface area contributed by atoms with Crippen LogP contribution in [0.3, 0.4) is 0 Å². The smallest absolute Gasteiger partial charge is 0.320 e. The molecule has 1 fully saturated rings. The molecule has 0 saturated carbocycles. The summed E-state index contributed by atoms with van der Waals surface area (Å²) in [5.41, 5.74) is 2.55. The Morgan fingerprint density at radius 1 is 1.04 bits per heavy atom. The number of aryl methyl sites for hydroxylation is 1. The van der Waals surface area contributed by atoms with Crippen LogP contribution in [-0.4, -0.2) is 48.4 Å². The van der Waals surface area contributed by atoms with Gasteiger partial charge in [0.05, 0.1) is 0 Å². The normalized spacial score (nSPS) is 14.5. The Kier molecular flexibility index (Phi) is 5.55. The first-order valence-electron chi connectivity index (χ1n) is 8.99. The van der Waals surface area contributed by atoms with Gasteiger partial charge in [0.15, 0.2) is 11.6 Å². The Morgan fingerprint density at radius 2 is 1.77 bits per heavy atom. The van der Waals surface area contributed by atoms with Crippen LogP contribution in [0.4, 0.5) is 22.1 Å². The highest BCUT2D eigenvalue weighted by Crippen LogP contribution is 2.20. The molecule has 1 aromatic heterocycles. The Morgan fingerprint density at radius 3 is 2.38 bits per heavy atom. The van der Waals surface area contributed by atoms with E-state index in [1.165, 1.54) is 11.3 Å². The summed E-state index contributed by atoms with van der Waals surface area (Å²) in [5, 5.41) is 13.8. The molecule has 26 heavy (non-hydrogen) atoms. The van der Waals surface area contributed by atoms with Gasteiger partial charge in [-0.15, -0.1) is 10.2 Å². The van der Waals surface area contributed by atoms with Crippen LogP contribution in [0.2, 0.25) is 0 Å². The van der Waals surface area contributed by atoms with Crippen LogP contribution >= 0.6 is 0 Å². The van der Waals surface area contributed by atoms with Gasteiger partial charge in [0.25, 0.3) is 0 Å². The predicted octanol–water partition coefficient (Wildman–Crippen LogP) is 2.64. The zero-order chi connectivity index (χ0) is 18.5. The van der Waals surface area contributed by atoms with Gasteiger partial charge in [0.2, 0.25) is 0 Å². The highest BCUT2D eigenvalue weighted by atomic mass is 16.2. The molecule has 0 bridgehead atoms. The second-order valence-corrected chi connectivity index (χ2v) is 6.84. The molecule has 2 heterocycles. The van der Waals surface area contributed by atoms with Crippen molar-refractivity contribution < 1.29 is 4.79 Å². The number of rotatable bonds is 4. The van der Waals surface area contributed by atoms with E-state index in [2.05, 4.69) is 61.8 Å². The first-order chi connectivity index (χ1) is 12.5. The zero-order valence-corrected chi connectivity index (χ0v) is 15.6. The van der Waals surface area contributed by atoms with Crippen molar-refractivity contribution in [1.82, 2.24) is 15.5 Å². The van der Waals surface area contributed by atoms with Gasteiger partial charge in [-0.2, -0.15) is 0 Å². The van der Waals surface area contributed by atoms with Gasteiger partial charge in [0, 0.05) is 37.9 Å². The summed E-state index contributed by atoms with van der Waals surface area (Å²) in [6.07, 6.45) is 0. The summed E-state index contributed by atoms with van der Waals surface area (Å²) < 4.78 is 0. The molecule has 138 valence electrons. The Balaban J connectivity index is 1.55. The molecule has 0 unspecified atom stereocenters. The maximum Gasteiger partial charge on any atom is 0.320 e. The molecule has 2 aromatic rings. The number of piperazine rings is 1. The largest absolute Gasteiger partial charge is 0.368 e.